The molecule has 0 saturated carbocycles. The Bertz CT molecular complexity index is 979. The highest BCUT2D eigenvalue weighted by Crippen LogP contribution is 2.43. The smallest absolute Gasteiger partial charge is 0.472 e. The van der Waals surface area contributed by atoms with Crippen molar-refractivity contribution in [2.45, 2.75) is 219 Å². The molecule has 0 radical (unpaired) electrons. The van der Waals surface area contributed by atoms with Gasteiger partial charge in [0.1, 0.15) is 12.6 Å². The average Bonchev–Trinajstić information content (AvgIpc) is 3.14. The Hall–Kier alpha value is -1.78. The molecule has 1 unspecified atom stereocenters. The maximum atomic E-state index is 12.6. The molecular weight excluding hydrogens is 709 g/mol. The second kappa shape index (κ2) is 38.1. The lowest BCUT2D eigenvalue weighted by molar-refractivity contribution is -0.161. The second-order valence-electron chi connectivity index (χ2n) is 14.8. The predicted molar refractivity (Wildman–Crippen MR) is 217 cm³/mol. The average molecular weight is 790 g/mol. The Kier molecular flexibility index (Phi) is 36.9. The maximum absolute atomic E-state index is 12.6. The molecule has 0 aromatic rings. The molecule has 0 aliphatic rings. The van der Waals surface area contributed by atoms with Crippen molar-refractivity contribution in [2.24, 2.45) is 5.73 Å². The van der Waals surface area contributed by atoms with Crippen LogP contribution >= 0.6 is 7.82 Å². The number of nitrogens with two attached hydrogens (primary N) is 1. The number of hydrogen-bond acceptors (Lipinski definition) is 9. The molecule has 0 aliphatic heterocycles. The summed E-state index contributed by atoms with van der Waals surface area (Å²) in [6.45, 7) is 2.81. The van der Waals surface area contributed by atoms with Gasteiger partial charge in [-0.1, -0.05) is 167 Å². The first-order valence-corrected chi connectivity index (χ1v) is 23.2. The third kappa shape index (κ3) is 37.2. The molecule has 54 heavy (non-hydrogen) atoms. The van der Waals surface area contributed by atoms with E-state index < -0.39 is 51.1 Å². The molecule has 0 aromatic heterocycles. The standard InChI is InChI=1S/C42H80NO10P/c1-3-5-7-9-11-13-15-17-19-20-22-24-26-28-30-32-34-41(45)53-38(36-51-54(48,49)52-37-39(43)42(46)47)35-50-40(44)33-31-29-27-25-23-21-18-16-14-12-10-8-6-4-2/h19-20,38-39H,3-18,21-37,43H2,1-2H3,(H,46,47)(H,48,49)/b20-19-/t38-,39+/m1/s1. The number of unbranched alkanes of at least 4 members (excludes halogenated alkanes) is 25. The first-order valence-electron chi connectivity index (χ1n) is 21.7. The first kappa shape index (κ1) is 52.2. The Morgan fingerprint density at radius 2 is 0.926 bits per heavy atom. The molecule has 0 heterocycles. The lowest BCUT2D eigenvalue weighted by atomic mass is 10.0. The third-order valence-corrected chi connectivity index (χ3v) is 10.5. The Morgan fingerprint density at radius 1 is 0.556 bits per heavy atom. The minimum atomic E-state index is -4.71. The SMILES string of the molecule is CCCCCCCCC/C=C\CCCCCCCC(=O)O[C@H](COC(=O)CCCCCCCCCCCCCCCC)COP(=O)(O)OC[C@H](N)C(=O)O. The molecule has 0 rings (SSSR count). The van der Waals surface area contributed by atoms with Crippen molar-refractivity contribution in [1.82, 2.24) is 0 Å². The molecule has 4 N–H and O–H groups in total. The topological polar surface area (TPSA) is 172 Å². The van der Waals surface area contributed by atoms with E-state index in [-0.39, 0.29) is 19.4 Å². The van der Waals surface area contributed by atoms with Crippen LogP contribution in [0.25, 0.3) is 0 Å². The van der Waals surface area contributed by atoms with Gasteiger partial charge in [0.25, 0.3) is 0 Å². The number of esters is 2. The van der Waals surface area contributed by atoms with Crippen LogP contribution in [-0.4, -0.2) is 59.9 Å². The number of rotatable bonds is 41. The molecule has 0 fully saturated rings. The number of phosphoric ester groups is 1. The van der Waals surface area contributed by atoms with Crippen LogP contribution in [-0.2, 0) is 37.5 Å². The Morgan fingerprint density at radius 3 is 1.35 bits per heavy atom. The second-order valence-corrected chi connectivity index (χ2v) is 16.3. The fourth-order valence-corrected chi connectivity index (χ4v) is 6.84. The van der Waals surface area contributed by atoms with Crippen LogP contribution in [0.2, 0.25) is 0 Å². The number of hydrogen-bond donors (Lipinski definition) is 3. The first-order chi connectivity index (χ1) is 26.1. The van der Waals surface area contributed by atoms with Crippen molar-refractivity contribution in [1.29, 1.82) is 0 Å². The van der Waals surface area contributed by atoms with E-state index in [0.717, 1.165) is 57.8 Å². The summed E-state index contributed by atoms with van der Waals surface area (Å²) in [6.07, 6.45) is 37.0. The maximum Gasteiger partial charge on any atom is 0.472 e. The molecule has 0 bridgehead atoms. The number of phosphoric acid groups is 1. The number of aliphatic carboxylic acids is 1. The van der Waals surface area contributed by atoms with Gasteiger partial charge in [0.05, 0.1) is 13.2 Å². The van der Waals surface area contributed by atoms with Gasteiger partial charge in [-0.25, -0.2) is 4.57 Å². The summed E-state index contributed by atoms with van der Waals surface area (Å²) in [6, 6.07) is -1.52. The molecule has 3 atom stereocenters. The Labute approximate surface area is 328 Å². The summed E-state index contributed by atoms with van der Waals surface area (Å²) >= 11 is 0. The molecule has 0 spiro atoms. The predicted octanol–water partition coefficient (Wildman–Crippen LogP) is 11.3. The van der Waals surface area contributed by atoms with Gasteiger partial charge in [-0.3, -0.25) is 23.4 Å². The summed E-state index contributed by atoms with van der Waals surface area (Å²) in [4.78, 5) is 45.9. The number of allylic oxidation sites excluding steroid dienone is 2. The summed E-state index contributed by atoms with van der Waals surface area (Å²) in [5, 5.41) is 8.88. The molecule has 318 valence electrons. The summed E-state index contributed by atoms with van der Waals surface area (Å²) in [5.74, 6) is -2.38. The normalized spacial score (nSPS) is 13.9. The van der Waals surface area contributed by atoms with E-state index in [0.29, 0.717) is 12.8 Å². The van der Waals surface area contributed by atoms with Crippen LogP contribution in [0.3, 0.4) is 0 Å². The van der Waals surface area contributed by atoms with Gasteiger partial charge in [-0.2, -0.15) is 0 Å². The lowest BCUT2D eigenvalue weighted by Gasteiger charge is -2.20. The number of carbonyl (C=O) groups excluding carboxylic acids is 2. The number of ether oxygens (including phenoxy) is 2. The molecule has 0 saturated heterocycles. The van der Waals surface area contributed by atoms with Crippen molar-refractivity contribution >= 4 is 25.7 Å². The fourth-order valence-electron chi connectivity index (χ4n) is 6.06. The number of carboxylic acid groups (broad SMARTS) is 1. The zero-order chi connectivity index (χ0) is 40.0. The fraction of sp³-hybridized carbons (Fsp3) is 0.881. The van der Waals surface area contributed by atoms with Gasteiger partial charge >= 0.3 is 25.7 Å². The van der Waals surface area contributed by atoms with E-state index in [9.17, 15) is 23.8 Å². The van der Waals surface area contributed by atoms with E-state index >= 15 is 0 Å². The molecule has 0 aromatic carbocycles. The quantitative estimate of drug-likeness (QED) is 0.0233. The van der Waals surface area contributed by atoms with Gasteiger partial charge < -0.3 is 25.2 Å². The van der Waals surface area contributed by atoms with Crippen molar-refractivity contribution < 1.29 is 47.5 Å². The van der Waals surface area contributed by atoms with Gasteiger partial charge in [-0.05, 0) is 38.5 Å². The minimum absolute atomic E-state index is 0.155. The summed E-state index contributed by atoms with van der Waals surface area (Å²) < 4.78 is 32.7. The lowest BCUT2D eigenvalue weighted by Crippen LogP contribution is -2.34. The summed E-state index contributed by atoms with van der Waals surface area (Å²) in [5.41, 5.74) is 5.33. The van der Waals surface area contributed by atoms with Crippen LogP contribution in [0.4, 0.5) is 0 Å². The highest BCUT2D eigenvalue weighted by Gasteiger charge is 2.28. The molecular formula is C42H80NO10P. The van der Waals surface area contributed by atoms with E-state index in [4.69, 9.17) is 24.8 Å². The van der Waals surface area contributed by atoms with Gasteiger partial charge in [-0.15, -0.1) is 0 Å². The third-order valence-electron chi connectivity index (χ3n) is 9.51. The van der Waals surface area contributed by atoms with E-state index in [1.807, 2.05) is 0 Å². The number of carbonyl (C=O) groups is 3. The summed E-state index contributed by atoms with van der Waals surface area (Å²) in [7, 11) is -4.71. The van der Waals surface area contributed by atoms with Gasteiger partial charge in [0.2, 0.25) is 0 Å². The molecule has 11 nitrogen and oxygen atoms in total. The molecule has 0 amide bonds. The highest BCUT2D eigenvalue weighted by atomic mass is 31.2. The number of carboxylic acids is 1. The van der Waals surface area contributed by atoms with Crippen LogP contribution in [0.5, 0.6) is 0 Å². The minimum Gasteiger partial charge on any atom is -0.480 e. The van der Waals surface area contributed by atoms with E-state index in [1.165, 1.54) is 109 Å². The van der Waals surface area contributed by atoms with Crippen LogP contribution < -0.4 is 5.73 Å². The van der Waals surface area contributed by atoms with Crippen LogP contribution in [0.15, 0.2) is 12.2 Å². The van der Waals surface area contributed by atoms with Crippen molar-refractivity contribution in [3.8, 4) is 0 Å². The highest BCUT2D eigenvalue weighted by molar-refractivity contribution is 7.47. The van der Waals surface area contributed by atoms with Crippen molar-refractivity contribution in [3.63, 3.8) is 0 Å². The monoisotopic (exact) mass is 790 g/mol. The van der Waals surface area contributed by atoms with E-state index in [2.05, 4.69) is 30.5 Å². The largest absolute Gasteiger partial charge is 0.480 e. The molecule has 12 heteroatoms. The van der Waals surface area contributed by atoms with E-state index in [1.54, 1.807) is 0 Å². The zero-order valence-corrected chi connectivity index (χ0v) is 35.2. The zero-order valence-electron chi connectivity index (χ0n) is 34.3. The van der Waals surface area contributed by atoms with Gasteiger partial charge in [0, 0.05) is 12.8 Å². The van der Waals surface area contributed by atoms with Gasteiger partial charge in [0.15, 0.2) is 6.10 Å². The van der Waals surface area contributed by atoms with Crippen LogP contribution in [0, 0.1) is 0 Å². The molecule has 0 aliphatic carbocycles. The Balaban J connectivity index is 4.36. The van der Waals surface area contributed by atoms with Crippen LogP contribution in [0.1, 0.15) is 206 Å². The van der Waals surface area contributed by atoms with Crippen molar-refractivity contribution in [3.05, 3.63) is 12.2 Å². The van der Waals surface area contributed by atoms with Crippen molar-refractivity contribution in [2.75, 3.05) is 19.8 Å².